The van der Waals surface area contributed by atoms with E-state index in [0.717, 1.165) is 36.6 Å². The third-order valence-corrected chi connectivity index (χ3v) is 4.76. The minimum absolute atomic E-state index is 0.0235. The van der Waals surface area contributed by atoms with Gasteiger partial charge in [0.1, 0.15) is 17.2 Å². The van der Waals surface area contributed by atoms with Crippen LogP contribution >= 0.6 is 0 Å². The fraction of sp³-hybridized carbons (Fsp3) is 0.300. The number of sulfonamides is 1. The summed E-state index contributed by atoms with van der Waals surface area (Å²) in [4.78, 5) is 15.7. The highest BCUT2D eigenvalue weighted by atomic mass is 32.2. The molecule has 33 heavy (non-hydrogen) atoms. The number of alkyl halides is 3. The van der Waals surface area contributed by atoms with Crippen LogP contribution in [0.3, 0.4) is 0 Å². The molecule has 0 fully saturated rings. The second kappa shape index (κ2) is 10.1. The van der Waals surface area contributed by atoms with Crippen LogP contribution in [-0.4, -0.2) is 32.1 Å². The third kappa shape index (κ3) is 7.41. The SMILES string of the molecule is CCNc1nc(C(F)(F)F)ccc1C=CC(=O)NC(C)c1cc(F)c(NS(C)(=O)=O)c(F)c1. The first-order chi connectivity index (χ1) is 15.2. The van der Waals surface area contributed by atoms with Crippen molar-refractivity contribution in [3.8, 4) is 0 Å². The zero-order valence-corrected chi connectivity index (χ0v) is 18.5. The zero-order chi connectivity index (χ0) is 25.0. The Labute approximate surface area is 187 Å². The van der Waals surface area contributed by atoms with E-state index in [1.807, 2.05) is 0 Å². The number of hydrogen-bond acceptors (Lipinski definition) is 5. The van der Waals surface area contributed by atoms with E-state index in [9.17, 15) is 35.2 Å². The fourth-order valence-electron chi connectivity index (χ4n) is 2.71. The smallest absolute Gasteiger partial charge is 0.370 e. The van der Waals surface area contributed by atoms with Crippen LogP contribution in [0.25, 0.3) is 6.08 Å². The van der Waals surface area contributed by atoms with E-state index in [1.165, 1.54) is 13.0 Å². The van der Waals surface area contributed by atoms with Crippen LogP contribution in [0, 0.1) is 11.6 Å². The highest BCUT2D eigenvalue weighted by Gasteiger charge is 2.32. The molecule has 1 aromatic heterocycles. The van der Waals surface area contributed by atoms with E-state index in [1.54, 1.807) is 11.6 Å². The number of carbonyl (C=O) groups is 1. The van der Waals surface area contributed by atoms with Crippen molar-refractivity contribution in [3.05, 3.63) is 58.8 Å². The molecule has 1 amide bonds. The molecule has 0 aliphatic rings. The normalized spacial score (nSPS) is 13.1. The van der Waals surface area contributed by atoms with Gasteiger partial charge in [-0.15, -0.1) is 0 Å². The average Bonchev–Trinajstić information content (AvgIpc) is 2.68. The number of amides is 1. The van der Waals surface area contributed by atoms with E-state index in [2.05, 4.69) is 15.6 Å². The second-order valence-electron chi connectivity index (χ2n) is 6.96. The van der Waals surface area contributed by atoms with Gasteiger partial charge in [-0.1, -0.05) is 0 Å². The lowest BCUT2D eigenvalue weighted by Gasteiger charge is -2.15. The summed E-state index contributed by atoms with van der Waals surface area (Å²) in [6, 6.07) is 2.79. The first kappa shape index (κ1) is 26.0. The van der Waals surface area contributed by atoms with Gasteiger partial charge in [-0.05, 0) is 49.8 Å². The quantitative estimate of drug-likeness (QED) is 0.381. The number of pyridine rings is 1. The Hall–Kier alpha value is -3.22. The van der Waals surface area contributed by atoms with E-state index >= 15 is 0 Å². The molecule has 0 saturated carbocycles. The number of halogens is 5. The fourth-order valence-corrected chi connectivity index (χ4v) is 3.27. The van der Waals surface area contributed by atoms with Gasteiger partial charge >= 0.3 is 6.18 Å². The first-order valence-corrected chi connectivity index (χ1v) is 11.4. The van der Waals surface area contributed by atoms with E-state index < -0.39 is 51.2 Å². The topological polar surface area (TPSA) is 100 Å². The number of anilines is 2. The predicted molar refractivity (Wildman–Crippen MR) is 114 cm³/mol. The molecule has 1 aromatic carbocycles. The Morgan fingerprint density at radius 3 is 2.30 bits per heavy atom. The van der Waals surface area contributed by atoms with Gasteiger partial charge in [-0.25, -0.2) is 22.2 Å². The van der Waals surface area contributed by atoms with Crippen molar-refractivity contribution >= 4 is 33.5 Å². The number of nitrogens with one attached hydrogen (secondary N) is 3. The monoisotopic (exact) mass is 492 g/mol. The summed E-state index contributed by atoms with van der Waals surface area (Å²) in [5.41, 5.74) is -1.69. The molecule has 1 heterocycles. The number of nitrogens with zero attached hydrogens (tertiary/aromatic N) is 1. The van der Waals surface area contributed by atoms with Gasteiger partial charge in [0.2, 0.25) is 15.9 Å². The molecule has 0 bridgehead atoms. The number of aromatic nitrogens is 1. The lowest BCUT2D eigenvalue weighted by Crippen LogP contribution is -2.25. The van der Waals surface area contributed by atoms with Crippen molar-refractivity contribution in [1.82, 2.24) is 10.3 Å². The second-order valence-corrected chi connectivity index (χ2v) is 8.71. The van der Waals surface area contributed by atoms with Crippen LogP contribution in [0.15, 0.2) is 30.3 Å². The molecule has 0 aliphatic heterocycles. The summed E-state index contributed by atoms with van der Waals surface area (Å²) in [5.74, 6) is -3.09. The molecule has 1 atom stereocenters. The van der Waals surface area contributed by atoms with Gasteiger partial charge < -0.3 is 10.6 Å². The van der Waals surface area contributed by atoms with Crippen molar-refractivity contribution in [2.45, 2.75) is 26.1 Å². The van der Waals surface area contributed by atoms with Crippen LogP contribution in [0.2, 0.25) is 0 Å². The largest absolute Gasteiger partial charge is 0.433 e. The minimum atomic E-state index is -4.63. The molecule has 13 heteroatoms. The summed E-state index contributed by atoms with van der Waals surface area (Å²) >= 11 is 0. The van der Waals surface area contributed by atoms with Crippen LogP contribution in [0.5, 0.6) is 0 Å². The van der Waals surface area contributed by atoms with E-state index in [0.29, 0.717) is 6.54 Å². The van der Waals surface area contributed by atoms with Gasteiger partial charge in [0.25, 0.3) is 0 Å². The van der Waals surface area contributed by atoms with Crippen LogP contribution in [0.4, 0.5) is 33.5 Å². The third-order valence-electron chi connectivity index (χ3n) is 4.19. The van der Waals surface area contributed by atoms with Crippen molar-refractivity contribution in [2.75, 3.05) is 22.8 Å². The standard InChI is InChI=1S/C20H21F5N4O3S/c1-4-26-19-12(5-7-16(28-19)20(23,24)25)6-8-17(30)27-11(2)13-9-14(21)18(15(22)10-13)29-33(3,31)32/h5-11,29H,4H2,1-3H3,(H,26,28)(H,27,30). The van der Waals surface area contributed by atoms with Crippen LogP contribution in [0.1, 0.15) is 36.7 Å². The van der Waals surface area contributed by atoms with Gasteiger partial charge in [-0.2, -0.15) is 13.2 Å². The highest BCUT2D eigenvalue weighted by Crippen LogP contribution is 2.30. The summed E-state index contributed by atoms with van der Waals surface area (Å²) in [6.07, 6.45) is -1.61. The Balaban J connectivity index is 2.18. The Bertz CT molecular complexity index is 1140. The summed E-state index contributed by atoms with van der Waals surface area (Å²) in [7, 11) is -3.91. The minimum Gasteiger partial charge on any atom is -0.370 e. The maximum atomic E-state index is 14.2. The highest BCUT2D eigenvalue weighted by molar-refractivity contribution is 7.92. The maximum absolute atomic E-state index is 14.2. The van der Waals surface area contributed by atoms with Crippen molar-refractivity contribution in [3.63, 3.8) is 0 Å². The Morgan fingerprint density at radius 1 is 1.18 bits per heavy atom. The van der Waals surface area contributed by atoms with Gasteiger partial charge in [0, 0.05) is 18.2 Å². The van der Waals surface area contributed by atoms with E-state index in [-0.39, 0.29) is 16.9 Å². The number of hydrogen-bond donors (Lipinski definition) is 3. The molecule has 0 saturated heterocycles. The van der Waals surface area contributed by atoms with Crippen molar-refractivity contribution in [2.24, 2.45) is 0 Å². The predicted octanol–water partition coefficient (Wildman–Crippen LogP) is 4.07. The van der Waals surface area contributed by atoms with Crippen LogP contribution < -0.4 is 15.4 Å². The Kier molecular flexibility index (Phi) is 8.01. The molecule has 1 unspecified atom stereocenters. The lowest BCUT2D eigenvalue weighted by molar-refractivity contribution is -0.141. The van der Waals surface area contributed by atoms with Crippen molar-refractivity contribution < 1.29 is 35.2 Å². The first-order valence-electron chi connectivity index (χ1n) is 9.48. The summed E-state index contributed by atoms with van der Waals surface area (Å²) in [6.45, 7) is 3.39. The molecule has 2 aromatic rings. The molecule has 0 aliphatic carbocycles. The molecule has 2 rings (SSSR count). The number of rotatable bonds is 8. The molecular formula is C20H21F5N4O3S. The molecule has 180 valence electrons. The van der Waals surface area contributed by atoms with E-state index in [4.69, 9.17) is 0 Å². The molecule has 0 radical (unpaired) electrons. The van der Waals surface area contributed by atoms with Gasteiger partial charge in [-0.3, -0.25) is 9.52 Å². The summed E-state index contributed by atoms with van der Waals surface area (Å²) in [5, 5.41) is 5.14. The number of benzene rings is 1. The van der Waals surface area contributed by atoms with Gasteiger partial charge in [0.05, 0.1) is 12.3 Å². The molecule has 7 nitrogen and oxygen atoms in total. The summed E-state index contributed by atoms with van der Waals surface area (Å²) < 4.78 is 91.1. The number of carbonyl (C=O) groups excluding carboxylic acids is 1. The molecule has 0 spiro atoms. The van der Waals surface area contributed by atoms with Crippen molar-refractivity contribution in [1.29, 1.82) is 0 Å². The Morgan fingerprint density at radius 2 is 1.79 bits per heavy atom. The maximum Gasteiger partial charge on any atom is 0.433 e. The zero-order valence-electron chi connectivity index (χ0n) is 17.7. The van der Waals surface area contributed by atoms with Crippen LogP contribution in [-0.2, 0) is 21.0 Å². The lowest BCUT2D eigenvalue weighted by atomic mass is 10.1. The van der Waals surface area contributed by atoms with Gasteiger partial charge in [0.15, 0.2) is 11.6 Å². The molecular weight excluding hydrogens is 471 g/mol. The molecule has 3 N–H and O–H groups in total. The average molecular weight is 492 g/mol.